The number of carbonyl (C=O) groups excluding carboxylic acids is 1. The van der Waals surface area contributed by atoms with Gasteiger partial charge in [0.15, 0.2) is 0 Å². The average molecular weight is 460 g/mol. The molecule has 0 radical (unpaired) electrons. The van der Waals surface area contributed by atoms with Crippen molar-refractivity contribution in [3.05, 3.63) is 48.0 Å². The number of anilines is 2. The van der Waals surface area contributed by atoms with Gasteiger partial charge in [0.25, 0.3) is 0 Å². The van der Waals surface area contributed by atoms with Gasteiger partial charge < -0.3 is 19.7 Å². The smallest absolute Gasteiger partial charge is 0.249 e. The summed E-state index contributed by atoms with van der Waals surface area (Å²) >= 11 is 0. The lowest BCUT2D eigenvalue weighted by molar-refractivity contribution is -0.118. The molecule has 1 atom stereocenters. The molecule has 4 rings (SSSR count). The maximum atomic E-state index is 13.2. The monoisotopic (exact) mass is 459 g/mol. The van der Waals surface area contributed by atoms with Gasteiger partial charge in [-0.1, -0.05) is 18.2 Å². The molecular formula is C23H29N3O5S. The first-order chi connectivity index (χ1) is 15.4. The van der Waals surface area contributed by atoms with Gasteiger partial charge in [-0.15, -0.1) is 0 Å². The third kappa shape index (κ3) is 4.46. The number of carbonyl (C=O) groups is 1. The number of morpholine rings is 1. The average Bonchev–Trinajstić information content (AvgIpc) is 3.24. The van der Waals surface area contributed by atoms with Crippen LogP contribution in [-0.4, -0.2) is 64.1 Å². The lowest BCUT2D eigenvalue weighted by atomic mass is 10.2. The van der Waals surface area contributed by atoms with Crippen LogP contribution in [0.25, 0.3) is 0 Å². The van der Waals surface area contributed by atoms with Crippen molar-refractivity contribution in [3.8, 4) is 5.75 Å². The number of hydrogen-bond donors (Lipinski definition) is 1. The Morgan fingerprint density at radius 3 is 2.66 bits per heavy atom. The highest BCUT2D eigenvalue weighted by atomic mass is 32.2. The molecule has 0 aliphatic carbocycles. The summed E-state index contributed by atoms with van der Waals surface area (Å²) in [6.07, 6.45) is 0.826. The number of fused-ring (bicyclic) bond motifs is 1. The van der Waals surface area contributed by atoms with E-state index in [1.165, 1.54) is 4.31 Å². The van der Waals surface area contributed by atoms with Gasteiger partial charge in [0, 0.05) is 25.3 Å². The van der Waals surface area contributed by atoms with Crippen LogP contribution < -0.4 is 15.0 Å². The molecule has 1 amide bonds. The van der Waals surface area contributed by atoms with Gasteiger partial charge in [-0.3, -0.25) is 4.79 Å². The molecule has 2 aliphatic rings. The summed E-state index contributed by atoms with van der Waals surface area (Å²) in [5.41, 5.74) is 2.57. The van der Waals surface area contributed by atoms with Crippen molar-refractivity contribution in [1.82, 2.24) is 4.31 Å². The maximum Gasteiger partial charge on any atom is 0.249 e. The lowest BCUT2D eigenvalue weighted by Crippen LogP contribution is -2.41. The highest BCUT2D eigenvalue weighted by Gasteiger charge is 2.30. The number of ether oxygens (including phenoxy) is 2. The first-order valence-electron chi connectivity index (χ1n) is 10.9. The Labute approximate surface area is 189 Å². The largest absolute Gasteiger partial charge is 0.492 e. The minimum Gasteiger partial charge on any atom is -0.492 e. The number of para-hydroxylation sites is 1. The molecular weight excluding hydrogens is 430 g/mol. The fourth-order valence-corrected chi connectivity index (χ4v) is 5.53. The third-order valence-corrected chi connectivity index (χ3v) is 7.65. The number of nitrogens with zero attached hydrogens (tertiary/aromatic N) is 2. The summed E-state index contributed by atoms with van der Waals surface area (Å²) in [6.45, 7) is 6.09. The molecule has 1 fully saturated rings. The summed E-state index contributed by atoms with van der Waals surface area (Å²) in [5, 5.41) is 3.19. The van der Waals surface area contributed by atoms with Crippen LogP contribution in [0.1, 0.15) is 19.4 Å². The molecule has 2 heterocycles. The van der Waals surface area contributed by atoms with Crippen molar-refractivity contribution in [2.75, 3.05) is 49.7 Å². The van der Waals surface area contributed by atoms with Crippen LogP contribution in [-0.2, 0) is 26.0 Å². The van der Waals surface area contributed by atoms with Crippen molar-refractivity contribution in [1.29, 1.82) is 0 Å². The third-order valence-electron chi connectivity index (χ3n) is 5.75. The molecule has 172 valence electrons. The zero-order valence-corrected chi connectivity index (χ0v) is 19.2. The van der Waals surface area contributed by atoms with E-state index in [4.69, 9.17) is 9.47 Å². The van der Waals surface area contributed by atoms with Crippen LogP contribution in [0.4, 0.5) is 11.4 Å². The SMILES string of the molecule is CCOc1ccc(S(=O)(=O)N2CCOCC2)cc1N[C@@H](C)C(=O)N1CCc2ccccc21. The van der Waals surface area contributed by atoms with E-state index in [-0.39, 0.29) is 10.8 Å². The van der Waals surface area contributed by atoms with Crippen LogP contribution >= 0.6 is 0 Å². The van der Waals surface area contributed by atoms with Crippen molar-refractivity contribution in [2.24, 2.45) is 0 Å². The number of benzene rings is 2. The van der Waals surface area contributed by atoms with Gasteiger partial charge in [-0.05, 0) is 50.1 Å². The highest BCUT2D eigenvalue weighted by molar-refractivity contribution is 7.89. The van der Waals surface area contributed by atoms with Crippen molar-refractivity contribution < 1.29 is 22.7 Å². The Hall–Kier alpha value is -2.62. The fourth-order valence-electron chi connectivity index (χ4n) is 4.10. The van der Waals surface area contributed by atoms with E-state index >= 15 is 0 Å². The van der Waals surface area contributed by atoms with Gasteiger partial charge in [0.05, 0.1) is 30.4 Å². The molecule has 0 saturated carbocycles. The summed E-state index contributed by atoms with van der Waals surface area (Å²) in [6, 6.07) is 12.1. The van der Waals surface area contributed by atoms with Crippen LogP contribution in [0.15, 0.2) is 47.4 Å². The Bertz CT molecular complexity index is 1080. The number of nitrogens with one attached hydrogen (secondary N) is 1. The van der Waals surface area contributed by atoms with E-state index in [0.717, 1.165) is 17.7 Å². The van der Waals surface area contributed by atoms with Gasteiger partial charge >= 0.3 is 0 Å². The second-order valence-electron chi connectivity index (χ2n) is 7.84. The fraction of sp³-hybridized carbons (Fsp3) is 0.435. The Kier molecular flexibility index (Phi) is 6.68. The van der Waals surface area contributed by atoms with Crippen LogP contribution in [0.5, 0.6) is 5.75 Å². The van der Waals surface area contributed by atoms with E-state index in [0.29, 0.717) is 50.9 Å². The molecule has 32 heavy (non-hydrogen) atoms. The van der Waals surface area contributed by atoms with Gasteiger partial charge in [0.1, 0.15) is 11.8 Å². The Morgan fingerprint density at radius 2 is 1.91 bits per heavy atom. The van der Waals surface area contributed by atoms with Crippen molar-refractivity contribution in [2.45, 2.75) is 31.2 Å². The second kappa shape index (κ2) is 9.48. The van der Waals surface area contributed by atoms with E-state index in [2.05, 4.69) is 5.32 Å². The molecule has 1 saturated heterocycles. The van der Waals surface area contributed by atoms with E-state index in [1.807, 2.05) is 31.2 Å². The van der Waals surface area contributed by atoms with E-state index in [1.54, 1.807) is 30.0 Å². The quantitative estimate of drug-likeness (QED) is 0.685. The summed E-state index contributed by atoms with van der Waals surface area (Å²) < 4.78 is 38.6. The zero-order chi connectivity index (χ0) is 22.7. The van der Waals surface area contributed by atoms with Crippen LogP contribution in [0.3, 0.4) is 0 Å². The zero-order valence-electron chi connectivity index (χ0n) is 18.4. The Balaban J connectivity index is 1.58. The molecule has 2 aromatic rings. The minimum absolute atomic E-state index is 0.0705. The van der Waals surface area contributed by atoms with Gasteiger partial charge in [-0.2, -0.15) is 4.31 Å². The molecule has 2 aliphatic heterocycles. The summed E-state index contributed by atoms with van der Waals surface area (Å²) in [5.74, 6) is 0.439. The molecule has 2 aromatic carbocycles. The first-order valence-corrected chi connectivity index (χ1v) is 12.4. The number of hydrogen-bond acceptors (Lipinski definition) is 6. The highest BCUT2D eigenvalue weighted by Crippen LogP contribution is 2.32. The summed E-state index contributed by atoms with van der Waals surface area (Å²) in [4.78, 5) is 15.1. The van der Waals surface area contributed by atoms with Crippen LogP contribution in [0.2, 0.25) is 0 Å². The predicted octanol–water partition coefficient (Wildman–Crippen LogP) is 2.50. The standard InChI is InChI=1S/C23H29N3O5S/c1-3-31-22-9-8-19(32(28,29)25-12-14-30-15-13-25)16-20(22)24-17(2)23(27)26-11-10-18-6-4-5-7-21(18)26/h4-9,16-17,24H,3,10-15H2,1-2H3/t17-/m0/s1. The predicted molar refractivity (Wildman–Crippen MR) is 123 cm³/mol. The van der Waals surface area contributed by atoms with Gasteiger partial charge in [0.2, 0.25) is 15.9 Å². The number of amides is 1. The lowest BCUT2D eigenvalue weighted by Gasteiger charge is -2.27. The Morgan fingerprint density at radius 1 is 1.16 bits per heavy atom. The minimum atomic E-state index is -3.67. The van der Waals surface area contributed by atoms with Crippen molar-refractivity contribution >= 4 is 27.3 Å². The summed E-state index contributed by atoms with van der Waals surface area (Å²) in [7, 11) is -3.67. The molecule has 1 N–H and O–H groups in total. The van der Waals surface area contributed by atoms with Gasteiger partial charge in [-0.25, -0.2) is 8.42 Å². The van der Waals surface area contributed by atoms with E-state index in [9.17, 15) is 13.2 Å². The molecule has 8 nitrogen and oxygen atoms in total. The molecule has 9 heteroatoms. The normalized spacial score (nSPS) is 17.6. The first kappa shape index (κ1) is 22.6. The second-order valence-corrected chi connectivity index (χ2v) is 9.78. The number of rotatable bonds is 7. The molecule has 0 spiro atoms. The topological polar surface area (TPSA) is 88.2 Å². The molecule has 0 bridgehead atoms. The van der Waals surface area contributed by atoms with E-state index < -0.39 is 16.1 Å². The molecule has 0 aromatic heterocycles. The van der Waals surface area contributed by atoms with Crippen LogP contribution in [0, 0.1) is 0 Å². The van der Waals surface area contributed by atoms with Crippen molar-refractivity contribution in [3.63, 3.8) is 0 Å². The number of sulfonamides is 1. The molecule has 0 unspecified atom stereocenters. The maximum absolute atomic E-state index is 13.2.